The Bertz CT molecular complexity index is 467. The number of esters is 1. The van der Waals surface area contributed by atoms with Gasteiger partial charge in [0.1, 0.15) is 6.04 Å². The van der Waals surface area contributed by atoms with Crippen molar-refractivity contribution in [3.05, 3.63) is 0 Å². The Kier molecular flexibility index (Phi) is 18.4. The fourth-order valence-corrected chi connectivity index (χ4v) is 3.73. The Morgan fingerprint density at radius 2 is 1.23 bits per heavy atom. The molecule has 0 saturated heterocycles. The van der Waals surface area contributed by atoms with E-state index in [0.29, 0.717) is 13.0 Å². The predicted molar refractivity (Wildman–Crippen MR) is 120 cm³/mol. The van der Waals surface area contributed by atoms with Gasteiger partial charge in [-0.2, -0.15) is 0 Å². The van der Waals surface area contributed by atoms with E-state index in [4.69, 9.17) is 9.84 Å². The van der Waals surface area contributed by atoms with E-state index in [1.807, 2.05) is 0 Å². The zero-order chi connectivity index (χ0) is 22.6. The highest BCUT2D eigenvalue weighted by atomic mass is 16.5. The smallest absolute Gasteiger partial charge is 0.329 e. The molecule has 0 aliphatic rings. The molecule has 1 amide bonds. The van der Waals surface area contributed by atoms with Gasteiger partial charge in [0.2, 0.25) is 5.91 Å². The molecule has 0 unspecified atom stereocenters. The summed E-state index contributed by atoms with van der Waals surface area (Å²) >= 11 is 0. The minimum absolute atomic E-state index is 0.166. The Morgan fingerprint density at radius 3 is 1.63 bits per heavy atom. The molecular weight excluding hydrogens is 382 g/mol. The number of unbranched alkanes of at least 4 members (excludes halogenated alkanes) is 12. The minimum Gasteiger partial charge on any atom is -0.481 e. The summed E-state index contributed by atoms with van der Waals surface area (Å²) in [5.41, 5.74) is 0. The molecule has 0 saturated carbocycles. The molecule has 0 heterocycles. The molecule has 6 nitrogen and oxygen atoms in total. The first-order chi connectivity index (χ1) is 14.5. The number of hydrogen-bond acceptors (Lipinski definition) is 4. The van der Waals surface area contributed by atoms with Crippen LogP contribution >= 0.6 is 0 Å². The summed E-state index contributed by atoms with van der Waals surface area (Å²) in [5, 5.41) is 9.08. The van der Waals surface area contributed by atoms with Crippen LogP contribution in [0.4, 0.5) is 0 Å². The third kappa shape index (κ3) is 14.4. The summed E-state index contributed by atoms with van der Waals surface area (Å²) < 4.78 is 4.96. The zero-order valence-corrected chi connectivity index (χ0v) is 19.6. The molecule has 0 spiro atoms. The van der Waals surface area contributed by atoms with Crippen LogP contribution in [-0.4, -0.2) is 47.0 Å². The Morgan fingerprint density at radius 1 is 0.767 bits per heavy atom. The first kappa shape index (κ1) is 28.4. The fourth-order valence-electron chi connectivity index (χ4n) is 3.73. The number of carboxylic acid groups (broad SMARTS) is 1. The predicted octanol–water partition coefficient (Wildman–Crippen LogP) is 5.72. The van der Waals surface area contributed by atoms with Crippen LogP contribution in [0.2, 0.25) is 0 Å². The van der Waals surface area contributed by atoms with Gasteiger partial charge in [0.15, 0.2) is 0 Å². The molecule has 0 aliphatic carbocycles. The topological polar surface area (TPSA) is 83.9 Å². The summed E-state index contributed by atoms with van der Waals surface area (Å²) in [6.45, 7) is 6.14. The van der Waals surface area contributed by atoms with E-state index in [9.17, 15) is 14.4 Å². The normalized spacial score (nSPS) is 11.8. The van der Waals surface area contributed by atoms with Crippen molar-refractivity contribution in [2.24, 2.45) is 0 Å². The number of carboxylic acids is 1. The third-order valence-electron chi connectivity index (χ3n) is 5.46. The molecule has 0 aromatic rings. The van der Waals surface area contributed by atoms with E-state index in [1.54, 1.807) is 13.8 Å². The molecule has 0 aromatic carbocycles. The van der Waals surface area contributed by atoms with Crippen LogP contribution in [0.5, 0.6) is 0 Å². The van der Waals surface area contributed by atoms with Gasteiger partial charge in [0.05, 0.1) is 13.0 Å². The first-order valence-electron chi connectivity index (χ1n) is 12.2. The van der Waals surface area contributed by atoms with Crippen LogP contribution in [-0.2, 0) is 19.1 Å². The zero-order valence-electron chi connectivity index (χ0n) is 19.6. The molecule has 0 aliphatic heterocycles. The molecule has 6 heteroatoms. The van der Waals surface area contributed by atoms with Crippen LogP contribution < -0.4 is 0 Å². The SMILES string of the molecule is CCCCCCCCCCCCCCCC(=O)N(CC)[C@@H](CC(=O)O)C(=O)OCC. The lowest BCUT2D eigenvalue weighted by atomic mass is 10.0. The molecule has 0 fully saturated rings. The van der Waals surface area contributed by atoms with E-state index < -0.39 is 24.4 Å². The van der Waals surface area contributed by atoms with Gasteiger partial charge in [-0.25, -0.2) is 4.79 Å². The summed E-state index contributed by atoms with van der Waals surface area (Å²) in [6, 6.07) is -1.04. The highest BCUT2D eigenvalue weighted by Gasteiger charge is 2.31. The minimum atomic E-state index is -1.11. The number of nitrogens with zero attached hydrogens (tertiary/aromatic N) is 1. The molecule has 1 N–H and O–H groups in total. The van der Waals surface area contributed by atoms with E-state index >= 15 is 0 Å². The van der Waals surface area contributed by atoms with Crippen molar-refractivity contribution in [3.63, 3.8) is 0 Å². The standard InChI is InChI=1S/C24H45NO5/c1-4-7-8-9-10-11-12-13-14-15-16-17-18-19-22(26)25(5-2)21(20-23(27)28)24(29)30-6-3/h21H,4-20H2,1-3H3,(H,27,28)/t21-/m0/s1. The van der Waals surface area contributed by atoms with Gasteiger partial charge in [0, 0.05) is 13.0 Å². The monoisotopic (exact) mass is 427 g/mol. The second-order valence-electron chi connectivity index (χ2n) is 8.04. The van der Waals surface area contributed by atoms with Crippen LogP contribution in [0.3, 0.4) is 0 Å². The van der Waals surface area contributed by atoms with Crippen molar-refractivity contribution in [1.29, 1.82) is 0 Å². The number of hydrogen-bond donors (Lipinski definition) is 1. The summed E-state index contributed by atoms with van der Waals surface area (Å²) in [4.78, 5) is 37.1. The molecule has 0 radical (unpaired) electrons. The second kappa shape index (κ2) is 19.4. The lowest BCUT2D eigenvalue weighted by molar-refractivity contribution is -0.158. The van der Waals surface area contributed by atoms with Crippen molar-refractivity contribution < 1.29 is 24.2 Å². The van der Waals surface area contributed by atoms with E-state index in [1.165, 1.54) is 69.1 Å². The first-order valence-corrected chi connectivity index (χ1v) is 12.2. The van der Waals surface area contributed by atoms with Gasteiger partial charge < -0.3 is 14.7 Å². The van der Waals surface area contributed by atoms with Crippen LogP contribution in [0.1, 0.15) is 117 Å². The van der Waals surface area contributed by atoms with E-state index in [2.05, 4.69) is 6.92 Å². The quantitative estimate of drug-likeness (QED) is 0.198. The number of aliphatic carboxylic acids is 1. The molecular formula is C24H45NO5. The van der Waals surface area contributed by atoms with E-state index in [-0.39, 0.29) is 12.5 Å². The van der Waals surface area contributed by atoms with Gasteiger partial charge in [-0.1, -0.05) is 84.0 Å². The van der Waals surface area contributed by atoms with Crippen LogP contribution in [0.25, 0.3) is 0 Å². The molecule has 0 rings (SSSR count). The van der Waals surface area contributed by atoms with Gasteiger partial charge >= 0.3 is 11.9 Å². The van der Waals surface area contributed by atoms with Crippen molar-refractivity contribution in [2.75, 3.05) is 13.2 Å². The summed E-state index contributed by atoms with van der Waals surface area (Å²) in [7, 11) is 0. The fraction of sp³-hybridized carbons (Fsp3) is 0.875. The Labute approximate surface area is 183 Å². The summed E-state index contributed by atoms with van der Waals surface area (Å²) in [6.07, 6.45) is 16.0. The lowest BCUT2D eigenvalue weighted by Gasteiger charge is -2.28. The van der Waals surface area contributed by atoms with Crippen molar-refractivity contribution in [3.8, 4) is 0 Å². The van der Waals surface area contributed by atoms with Gasteiger partial charge in [-0.15, -0.1) is 0 Å². The highest BCUT2D eigenvalue weighted by molar-refractivity contribution is 5.87. The van der Waals surface area contributed by atoms with Crippen LogP contribution in [0.15, 0.2) is 0 Å². The number of carbonyl (C=O) groups is 3. The number of rotatable bonds is 20. The number of carbonyl (C=O) groups excluding carboxylic acids is 2. The average Bonchev–Trinajstić information content (AvgIpc) is 2.71. The highest BCUT2D eigenvalue weighted by Crippen LogP contribution is 2.15. The summed E-state index contributed by atoms with van der Waals surface area (Å²) in [5.74, 6) is -1.92. The average molecular weight is 428 g/mol. The number of ether oxygens (including phenoxy) is 1. The molecule has 176 valence electrons. The molecule has 30 heavy (non-hydrogen) atoms. The maximum Gasteiger partial charge on any atom is 0.329 e. The number of likely N-dealkylation sites (N-methyl/N-ethyl adjacent to an activating group) is 1. The molecule has 1 atom stereocenters. The Balaban J connectivity index is 3.98. The van der Waals surface area contributed by atoms with Crippen molar-refractivity contribution in [2.45, 2.75) is 123 Å². The van der Waals surface area contributed by atoms with Crippen molar-refractivity contribution in [1.82, 2.24) is 4.90 Å². The molecule has 0 bridgehead atoms. The van der Waals surface area contributed by atoms with Crippen molar-refractivity contribution >= 4 is 17.8 Å². The van der Waals surface area contributed by atoms with Gasteiger partial charge in [-0.3, -0.25) is 9.59 Å². The third-order valence-corrected chi connectivity index (χ3v) is 5.46. The second-order valence-corrected chi connectivity index (χ2v) is 8.04. The van der Waals surface area contributed by atoms with Gasteiger partial charge in [-0.05, 0) is 20.3 Å². The van der Waals surface area contributed by atoms with E-state index in [0.717, 1.165) is 19.3 Å². The van der Waals surface area contributed by atoms with Crippen LogP contribution in [0, 0.1) is 0 Å². The largest absolute Gasteiger partial charge is 0.481 e. The maximum atomic E-state index is 12.5. The molecule has 0 aromatic heterocycles. The lowest BCUT2D eigenvalue weighted by Crippen LogP contribution is -2.46. The number of amides is 1. The maximum absolute atomic E-state index is 12.5. The van der Waals surface area contributed by atoms with Gasteiger partial charge in [0.25, 0.3) is 0 Å². The Hall–Kier alpha value is -1.59.